The molecular weight excluding hydrogens is 293 g/mol. The zero-order valence-corrected chi connectivity index (χ0v) is 12.6. The van der Waals surface area contributed by atoms with Crippen molar-refractivity contribution < 1.29 is 12.8 Å². The van der Waals surface area contributed by atoms with Gasteiger partial charge in [-0.3, -0.25) is 4.98 Å². The highest BCUT2D eigenvalue weighted by atomic mass is 32.2. The van der Waals surface area contributed by atoms with Gasteiger partial charge < -0.3 is 5.73 Å². The first-order chi connectivity index (χ1) is 9.82. The molecule has 1 aromatic heterocycles. The van der Waals surface area contributed by atoms with E-state index in [0.717, 1.165) is 17.7 Å². The number of benzene rings is 1. The van der Waals surface area contributed by atoms with Crippen LogP contribution in [0.1, 0.15) is 11.1 Å². The van der Waals surface area contributed by atoms with Crippen molar-refractivity contribution >= 4 is 15.7 Å². The molecule has 2 aromatic rings. The first-order valence-electron chi connectivity index (χ1n) is 6.23. The van der Waals surface area contributed by atoms with E-state index in [-0.39, 0.29) is 17.1 Å². The summed E-state index contributed by atoms with van der Waals surface area (Å²) in [6.45, 7) is 1.73. The molecule has 0 saturated carbocycles. The van der Waals surface area contributed by atoms with Gasteiger partial charge in [-0.2, -0.15) is 4.31 Å². The zero-order valence-electron chi connectivity index (χ0n) is 11.7. The van der Waals surface area contributed by atoms with Crippen LogP contribution >= 0.6 is 0 Å². The van der Waals surface area contributed by atoms with Gasteiger partial charge in [0.25, 0.3) is 0 Å². The van der Waals surface area contributed by atoms with Crippen LogP contribution in [0, 0.1) is 12.7 Å². The van der Waals surface area contributed by atoms with Crippen molar-refractivity contribution in [3.8, 4) is 0 Å². The number of nitrogens with zero attached hydrogens (tertiary/aromatic N) is 2. The highest BCUT2D eigenvalue weighted by Crippen LogP contribution is 2.24. The maximum atomic E-state index is 13.4. The third kappa shape index (κ3) is 3.20. The molecular formula is C14H16FN3O2S. The second-order valence-electron chi connectivity index (χ2n) is 4.76. The van der Waals surface area contributed by atoms with Gasteiger partial charge in [0.15, 0.2) is 0 Å². The average Bonchev–Trinajstić information content (AvgIpc) is 2.43. The number of nitrogen functional groups attached to an aromatic ring is 1. The smallest absolute Gasteiger partial charge is 0.243 e. The van der Waals surface area contributed by atoms with Gasteiger partial charge in [0.2, 0.25) is 10.0 Å². The molecule has 0 radical (unpaired) electrons. The van der Waals surface area contributed by atoms with E-state index in [1.807, 2.05) is 0 Å². The van der Waals surface area contributed by atoms with Crippen LogP contribution in [-0.2, 0) is 16.6 Å². The number of aryl methyl sites for hydroxylation is 1. The number of halogens is 1. The van der Waals surface area contributed by atoms with E-state index < -0.39 is 15.8 Å². The molecule has 0 amide bonds. The summed E-state index contributed by atoms with van der Waals surface area (Å²) in [6, 6.07) is 5.75. The van der Waals surface area contributed by atoms with Crippen LogP contribution in [0.25, 0.3) is 0 Å². The molecule has 1 aromatic carbocycles. The normalized spacial score (nSPS) is 11.8. The lowest BCUT2D eigenvalue weighted by atomic mass is 10.2. The van der Waals surface area contributed by atoms with Gasteiger partial charge in [0, 0.05) is 26.0 Å². The minimum Gasteiger partial charge on any atom is -0.396 e. The van der Waals surface area contributed by atoms with E-state index in [1.54, 1.807) is 24.5 Å². The van der Waals surface area contributed by atoms with Gasteiger partial charge >= 0.3 is 0 Å². The number of hydrogen-bond acceptors (Lipinski definition) is 4. The Hall–Kier alpha value is -1.99. The molecule has 0 spiro atoms. The molecule has 2 rings (SSSR count). The van der Waals surface area contributed by atoms with Crippen LogP contribution in [-0.4, -0.2) is 24.8 Å². The molecule has 0 unspecified atom stereocenters. The topological polar surface area (TPSA) is 76.3 Å². The second-order valence-corrected chi connectivity index (χ2v) is 6.77. The fraction of sp³-hybridized carbons (Fsp3) is 0.214. The van der Waals surface area contributed by atoms with Gasteiger partial charge in [0.1, 0.15) is 5.82 Å². The summed E-state index contributed by atoms with van der Waals surface area (Å²) >= 11 is 0. The SMILES string of the molecule is Cc1cc(F)c(N)cc1S(=O)(=O)N(C)Cc1ccncc1. The maximum absolute atomic E-state index is 13.4. The average molecular weight is 309 g/mol. The Morgan fingerprint density at radius 3 is 2.52 bits per heavy atom. The van der Waals surface area contributed by atoms with Gasteiger partial charge in [-0.25, -0.2) is 12.8 Å². The molecule has 0 atom stereocenters. The first kappa shape index (κ1) is 15.4. The third-order valence-corrected chi connectivity index (χ3v) is 5.08. The van der Waals surface area contributed by atoms with Crippen molar-refractivity contribution in [1.29, 1.82) is 0 Å². The standard InChI is InChI=1S/C14H16FN3O2S/c1-10-7-12(15)13(16)8-14(10)21(19,20)18(2)9-11-3-5-17-6-4-11/h3-8H,9,16H2,1-2H3. The molecule has 0 fully saturated rings. The van der Waals surface area contributed by atoms with E-state index in [9.17, 15) is 12.8 Å². The second kappa shape index (κ2) is 5.79. The van der Waals surface area contributed by atoms with Crippen LogP contribution in [0.15, 0.2) is 41.6 Å². The molecule has 7 heteroatoms. The highest BCUT2D eigenvalue weighted by molar-refractivity contribution is 7.89. The Bertz CT molecular complexity index is 748. The Labute approximate surface area is 123 Å². The molecule has 0 aliphatic heterocycles. The van der Waals surface area contributed by atoms with Gasteiger partial charge in [0.05, 0.1) is 10.6 Å². The van der Waals surface area contributed by atoms with Crippen LogP contribution in [0.3, 0.4) is 0 Å². The predicted octanol–water partition coefficient (Wildman–Crippen LogP) is 1.93. The fourth-order valence-corrected chi connectivity index (χ4v) is 3.34. The molecule has 21 heavy (non-hydrogen) atoms. The van der Waals surface area contributed by atoms with E-state index in [4.69, 9.17) is 5.73 Å². The Balaban J connectivity index is 2.36. The third-order valence-electron chi connectivity index (χ3n) is 3.14. The summed E-state index contributed by atoms with van der Waals surface area (Å²) < 4.78 is 39.7. The first-order valence-corrected chi connectivity index (χ1v) is 7.67. The van der Waals surface area contributed by atoms with Gasteiger partial charge in [-0.05, 0) is 42.3 Å². The van der Waals surface area contributed by atoms with E-state index in [1.165, 1.54) is 18.3 Å². The van der Waals surface area contributed by atoms with Crippen LogP contribution in [0.2, 0.25) is 0 Å². The Morgan fingerprint density at radius 2 is 1.90 bits per heavy atom. The monoisotopic (exact) mass is 309 g/mol. The van der Waals surface area contributed by atoms with Crippen molar-refractivity contribution in [1.82, 2.24) is 9.29 Å². The lowest BCUT2D eigenvalue weighted by Gasteiger charge is -2.19. The molecule has 0 bridgehead atoms. The van der Waals surface area contributed by atoms with Gasteiger partial charge in [-0.1, -0.05) is 0 Å². The molecule has 0 saturated heterocycles. The van der Waals surface area contributed by atoms with Crippen molar-refractivity contribution in [2.24, 2.45) is 0 Å². The van der Waals surface area contributed by atoms with Crippen LogP contribution < -0.4 is 5.73 Å². The fourth-order valence-electron chi connectivity index (χ4n) is 1.94. The van der Waals surface area contributed by atoms with E-state index in [0.29, 0.717) is 5.56 Å². The van der Waals surface area contributed by atoms with E-state index in [2.05, 4.69) is 4.98 Å². The zero-order chi connectivity index (χ0) is 15.6. The summed E-state index contributed by atoms with van der Waals surface area (Å²) in [4.78, 5) is 3.89. The number of rotatable bonds is 4. The predicted molar refractivity (Wildman–Crippen MR) is 78.4 cm³/mol. The van der Waals surface area contributed by atoms with Crippen molar-refractivity contribution in [2.75, 3.05) is 12.8 Å². The minimum atomic E-state index is -3.74. The lowest BCUT2D eigenvalue weighted by molar-refractivity contribution is 0.466. The minimum absolute atomic E-state index is 0.0120. The van der Waals surface area contributed by atoms with Crippen molar-refractivity contribution in [2.45, 2.75) is 18.4 Å². The summed E-state index contributed by atoms with van der Waals surface area (Å²) in [6.07, 6.45) is 3.19. The number of anilines is 1. The molecule has 0 aliphatic carbocycles. The van der Waals surface area contributed by atoms with Crippen molar-refractivity contribution in [3.05, 3.63) is 53.6 Å². The maximum Gasteiger partial charge on any atom is 0.243 e. The molecule has 1 heterocycles. The summed E-state index contributed by atoms with van der Waals surface area (Å²) in [7, 11) is -2.27. The summed E-state index contributed by atoms with van der Waals surface area (Å²) in [5, 5.41) is 0. The number of aromatic nitrogens is 1. The van der Waals surface area contributed by atoms with Crippen LogP contribution in [0.4, 0.5) is 10.1 Å². The largest absolute Gasteiger partial charge is 0.396 e. The number of pyridine rings is 1. The lowest BCUT2D eigenvalue weighted by Crippen LogP contribution is -2.27. The molecule has 2 N–H and O–H groups in total. The molecule has 112 valence electrons. The number of sulfonamides is 1. The van der Waals surface area contributed by atoms with Crippen LogP contribution in [0.5, 0.6) is 0 Å². The molecule has 0 aliphatic rings. The number of hydrogen-bond donors (Lipinski definition) is 1. The molecule has 5 nitrogen and oxygen atoms in total. The quantitative estimate of drug-likeness (QED) is 0.876. The highest BCUT2D eigenvalue weighted by Gasteiger charge is 2.24. The van der Waals surface area contributed by atoms with E-state index >= 15 is 0 Å². The van der Waals surface area contributed by atoms with Crippen molar-refractivity contribution in [3.63, 3.8) is 0 Å². The number of nitrogens with two attached hydrogens (primary N) is 1. The Kier molecular flexibility index (Phi) is 4.24. The van der Waals surface area contributed by atoms with Gasteiger partial charge in [-0.15, -0.1) is 0 Å². The Morgan fingerprint density at radius 1 is 1.29 bits per heavy atom. The summed E-state index contributed by atoms with van der Waals surface area (Å²) in [5.41, 5.74) is 6.42. The summed E-state index contributed by atoms with van der Waals surface area (Å²) in [5.74, 6) is -0.622.